The maximum Gasteiger partial charge on any atom is 0.469 e. The second-order valence-corrected chi connectivity index (χ2v) is 6.40. The normalized spacial score (nSPS) is 28.9. The molecule has 1 aliphatic rings. The van der Waals surface area contributed by atoms with Gasteiger partial charge in [-0.3, -0.25) is 18.9 Å². The van der Waals surface area contributed by atoms with Crippen molar-refractivity contribution in [1.82, 2.24) is 9.55 Å². The van der Waals surface area contributed by atoms with Crippen molar-refractivity contribution in [3.8, 4) is 0 Å². The number of ether oxygens (including phenoxy) is 3. The molecular weight excluding hydrogens is 347 g/mol. The van der Waals surface area contributed by atoms with Crippen LogP contribution in [0.1, 0.15) is 13.2 Å². The number of phosphoric acid groups is 1. The summed E-state index contributed by atoms with van der Waals surface area (Å²) in [5.41, 5.74) is -1.28. The molecule has 11 nitrogen and oxygen atoms in total. The third-order valence-electron chi connectivity index (χ3n) is 3.66. The van der Waals surface area contributed by atoms with E-state index >= 15 is 0 Å². The Bertz CT molecular complexity index is 726. The highest BCUT2D eigenvalue weighted by Crippen LogP contribution is 2.42. The van der Waals surface area contributed by atoms with Crippen molar-refractivity contribution in [2.45, 2.75) is 37.6 Å². The Kier molecular flexibility index (Phi) is 5.76. The van der Waals surface area contributed by atoms with Crippen LogP contribution < -0.4 is 11.2 Å². The minimum atomic E-state index is -4.74. The Morgan fingerprint density at radius 1 is 1.29 bits per heavy atom. The first-order valence-electron chi connectivity index (χ1n) is 6.94. The van der Waals surface area contributed by atoms with E-state index in [0.717, 1.165) is 10.6 Å². The summed E-state index contributed by atoms with van der Waals surface area (Å²) in [5, 5.41) is 0. The molecule has 1 aliphatic heterocycles. The average Bonchev–Trinajstić information content (AvgIpc) is 2.83. The summed E-state index contributed by atoms with van der Waals surface area (Å²) in [6.45, 7) is 1.40. The molecule has 0 bridgehead atoms. The smallest absolute Gasteiger partial charge is 0.376 e. The molecule has 1 fully saturated rings. The number of methoxy groups -OCH3 is 2. The van der Waals surface area contributed by atoms with Crippen molar-refractivity contribution in [1.29, 1.82) is 0 Å². The zero-order valence-electron chi connectivity index (χ0n) is 13.2. The monoisotopic (exact) mass is 366 g/mol. The van der Waals surface area contributed by atoms with Crippen LogP contribution >= 0.6 is 7.82 Å². The van der Waals surface area contributed by atoms with Gasteiger partial charge in [-0.25, -0.2) is 9.36 Å². The minimum Gasteiger partial charge on any atom is -0.376 e. The average molecular weight is 366 g/mol. The first kappa shape index (κ1) is 19.0. The molecule has 3 N–H and O–H groups in total. The van der Waals surface area contributed by atoms with E-state index in [1.807, 2.05) is 0 Å². The van der Waals surface area contributed by atoms with E-state index in [1.165, 1.54) is 27.3 Å². The lowest BCUT2D eigenvalue weighted by atomic mass is 10.1. The number of hydrogen-bond donors (Lipinski definition) is 3. The van der Waals surface area contributed by atoms with Gasteiger partial charge in [-0.2, -0.15) is 0 Å². The number of hydrogen-bond acceptors (Lipinski definition) is 7. The van der Waals surface area contributed by atoms with Crippen molar-refractivity contribution in [2.24, 2.45) is 0 Å². The van der Waals surface area contributed by atoms with E-state index in [-0.39, 0.29) is 0 Å². The number of phosphoric ester groups is 1. The van der Waals surface area contributed by atoms with Gasteiger partial charge in [0.05, 0.1) is 6.10 Å². The number of rotatable bonds is 6. The first-order chi connectivity index (χ1) is 11.2. The second kappa shape index (κ2) is 7.28. The maximum atomic E-state index is 12.0. The molecule has 2 heterocycles. The van der Waals surface area contributed by atoms with Crippen molar-refractivity contribution in [3.05, 3.63) is 33.1 Å². The molecule has 0 amide bonds. The van der Waals surface area contributed by atoms with Crippen LogP contribution in [0.15, 0.2) is 21.9 Å². The zero-order chi connectivity index (χ0) is 18.1. The van der Waals surface area contributed by atoms with Gasteiger partial charge in [0.25, 0.3) is 5.56 Å². The summed E-state index contributed by atoms with van der Waals surface area (Å²) in [4.78, 5) is 43.2. The van der Waals surface area contributed by atoms with Gasteiger partial charge < -0.3 is 24.0 Å². The molecule has 1 saturated heterocycles. The number of nitrogens with one attached hydrogen (secondary N) is 1. The van der Waals surface area contributed by atoms with Gasteiger partial charge in [-0.1, -0.05) is 0 Å². The molecule has 0 spiro atoms. The van der Waals surface area contributed by atoms with E-state index in [9.17, 15) is 14.2 Å². The summed E-state index contributed by atoms with van der Waals surface area (Å²) in [5.74, 6) is 0. The standard InChI is InChI=1S/C12H19N2O9P/c1-6(23-24(17,18)19)8-9(20-2)10(21-3)11(22-8)14-5-4-7(15)13-12(14)16/h4-6,8-11H,1-3H3,(H,13,15,16)(H2,17,18,19)/t6-,8+,9?,10-,11+/m0/s1. The lowest BCUT2D eigenvalue weighted by Crippen LogP contribution is -2.41. The van der Waals surface area contributed by atoms with Gasteiger partial charge in [0.1, 0.15) is 18.3 Å². The van der Waals surface area contributed by atoms with E-state index in [4.69, 9.17) is 24.0 Å². The van der Waals surface area contributed by atoms with Crippen LogP contribution in [0, 0.1) is 0 Å². The van der Waals surface area contributed by atoms with Crippen LogP contribution in [0.5, 0.6) is 0 Å². The summed E-state index contributed by atoms with van der Waals surface area (Å²) in [6.07, 6.45) is -3.24. The Balaban J connectivity index is 2.35. The molecule has 0 aliphatic carbocycles. The summed E-state index contributed by atoms with van der Waals surface area (Å²) < 4.78 is 33.1. The van der Waals surface area contributed by atoms with Crippen LogP contribution in [0.4, 0.5) is 0 Å². The lowest BCUT2D eigenvalue weighted by Gasteiger charge is -2.25. The van der Waals surface area contributed by atoms with Crippen molar-refractivity contribution in [2.75, 3.05) is 14.2 Å². The second-order valence-electron chi connectivity index (χ2n) is 5.21. The Morgan fingerprint density at radius 2 is 1.92 bits per heavy atom. The number of H-pyrrole nitrogens is 1. The molecule has 1 aromatic heterocycles. The highest BCUT2D eigenvalue weighted by molar-refractivity contribution is 7.46. The highest BCUT2D eigenvalue weighted by Gasteiger charge is 2.50. The highest BCUT2D eigenvalue weighted by atomic mass is 31.2. The van der Waals surface area contributed by atoms with Gasteiger partial charge in [0.2, 0.25) is 0 Å². The third-order valence-corrected chi connectivity index (χ3v) is 4.27. The SMILES string of the molecule is COC1[C@@H]([C@H](C)OP(=O)(O)O)O[C@@H](n2ccc(=O)[nH]c2=O)[C@H]1OC. The summed E-state index contributed by atoms with van der Waals surface area (Å²) >= 11 is 0. The van der Waals surface area contributed by atoms with Crippen LogP contribution in [-0.4, -0.2) is 58.0 Å². The molecule has 24 heavy (non-hydrogen) atoms. The number of aromatic amines is 1. The molecule has 1 unspecified atom stereocenters. The number of nitrogens with zero attached hydrogens (tertiary/aromatic N) is 1. The predicted molar refractivity (Wildman–Crippen MR) is 79.4 cm³/mol. The minimum absolute atomic E-state index is 0.568. The molecule has 0 saturated carbocycles. The van der Waals surface area contributed by atoms with Crippen LogP contribution in [-0.2, 0) is 23.3 Å². The van der Waals surface area contributed by atoms with E-state index in [2.05, 4.69) is 9.51 Å². The fourth-order valence-corrected chi connectivity index (χ4v) is 3.24. The molecule has 0 aromatic carbocycles. The van der Waals surface area contributed by atoms with Crippen molar-refractivity contribution >= 4 is 7.82 Å². The molecule has 0 radical (unpaired) electrons. The third kappa shape index (κ3) is 4.01. The molecule has 2 rings (SSSR count). The fraction of sp³-hybridized carbons (Fsp3) is 0.667. The topological polar surface area (TPSA) is 149 Å². The Labute approximate surface area is 136 Å². The van der Waals surface area contributed by atoms with E-state index in [1.54, 1.807) is 0 Å². The first-order valence-corrected chi connectivity index (χ1v) is 8.47. The van der Waals surface area contributed by atoms with E-state index in [0.29, 0.717) is 0 Å². The Morgan fingerprint density at radius 3 is 2.42 bits per heavy atom. The van der Waals surface area contributed by atoms with Crippen molar-refractivity contribution in [3.63, 3.8) is 0 Å². The predicted octanol–water partition coefficient (Wildman–Crippen LogP) is -1.04. The van der Waals surface area contributed by atoms with Crippen LogP contribution in [0.2, 0.25) is 0 Å². The largest absolute Gasteiger partial charge is 0.469 e. The van der Waals surface area contributed by atoms with Gasteiger partial charge in [0.15, 0.2) is 6.23 Å². The van der Waals surface area contributed by atoms with Gasteiger partial charge in [0, 0.05) is 26.5 Å². The molecule has 12 heteroatoms. The molecule has 136 valence electrons. The quantitative estimate of drug-likeness (QED) is 0.537. The molecular formula is C12H19N2O9P. The van der Waals surface area contributed by atoms with Crippen molar-refractivity contribution < 1.29 is 33.1 Å². The van der Waals surface area contributed by atoms with Gasteiger partial charge in [-0.15, -0.1) is 0 Å². The zero-order valence-corrected chi connectivity index (χ0v) is 14.1. The summed E-state index contributed by atoms with van der Waals surface area (Å²) in [6, 6.07) is 1.14. The van der Waals surface area contributed by atoms with Gasteiger partial charge >= 0.3 is 13.5 Å². The summed E-state index contributed by atoms with van der Waals surface area (Å²) in [7, 11) is -1.99. The van der Waals surface area contributed by atoms with Crippen LogP contribution in [0.3, 0.4) is 0 Å². The lowest BCUT2D eigenvalue weighted by molar-refractivity contribution is -0.0832. The van der Waals surface area contributed by atoms with Gasteiger partial charge in [-0.05, 0) is 6.92 Å². The fourth-order valence-electron chi connectivity index (χ4n) is 2.69. The van der Waals surface area contributed by atoms with Crippen LogP contribution in [0.25, 0.3) is 0 Å². The molecule has 5 atom stereocenters. The molecule has 1 aromatic rings. The maximum absolute atomic E-state index is 12.0. The Hall–Kier alpha value is -1.33. The number of aromatic nitrogens is 2. The van der Waals surface area contributed by atoms with E-state index < -0.39 is 49.7 Å².